The van der Waals surface area contributed by atoms with Gasteiger partial charge in [0.1, 0.15) is 6.04 Å². The van der Waals surface area contributed by atoms with E-state index in [0.717, 1.165) is 19.3 Å². The molecule has 1 spiro atoms. The van der Waals surface area contributed by atoms with E-state index in [0.29, 0.717) is 52.4 Å². The highest BCUT2D eigenvalue weighted by atomic mass is 16.5. The minimum Gasteiger partial charge on any atom is -0.480 e. The molecule has 25 heavy (non-hydrogen) atoms. The maximum atomic E-state index is 12.6. The van der Waals surface area contributed by atoms with Crippen molar-refractivity contribution in [3.8, 4) is 0 Å². The number of rotatable bonds is 2. The second kappa shape index (κ2) is 7.19. The second-order valence-corrected chi connectivity index (χ2v) is 7.40. The van der Waals surface area contributed by atoms with Crippen LogP contribution < -0.4 is 0 Å². The summed E-state index contributed by atoms with van der Waals surface area (Å²) >= 11 is 0. The van der Waals surface area contributed by atoms with Crippen molar-refractivity contribution in [2.24, 2.45) is 5.41 Å². The number of nitrogens with zero attached hydrogens (tertiary/aromatic N) is 3. The first-order valence-electron chi connectivity index (χ1n) is 9.06. The molecule has 3 aliphatic heterocycles. The van der Waals surface area contributed by atoms with Crippen molar-refractivity contribution in [1.82, 2.24) is 14.7 Å². The van der Waals surface area contributed by atoms with E-state index in [2.05, 4.69) is 0 Å². The molecule has 0 saturated carbocycles. The Morgan fingerprint density at radius 2 is 1.68 bits per heavy atom. The Bertz CT molecular complexity index is 538. The van der Waals surface area contributed by atoms with Gasteiger partial charge in [0.05, 0.1) is 13.2 Å². The van der Waals surface area contributed by atoms with Gasteiger partial charge in [0, 0.05) is 39.1 Å². The number of carbonyl (C=O) groups is 3. The number of amides is 3. The largest absolute Gasteiger partial charge is 0.480 e. The summed E-state index contributed by atoms with van der Waals surface area (Å²) in [6.45, 7) is 5.84. The molecule has 3 rings (SSSR count). The molecule has 0 aliphatic carbocycles. The molecule has 8 heteroatoms. The zero-order valence-corrected chi connectivity index (χ0v) is 14.8. The van der Waals surface area contributed by atoms with Crippen LogP contribution in [0.15, 0.2) is 0 Å². The molecular weight excluding hydrogens is 326 g/mol. The third-order valence-corrected chi connectivity index (χ3v) is 5.90. The molecular formula is C17H27N3O5. The van der Waals surface area contributed by atoms with E-state index < -0.39 is 12.0 Å². The van der Waals surface area contributed by atoms with Crippen molar-refractivity contribution in [3.05, 3.63) is 0 Å². The number of aliphatic carboxylic acids is 1. The number of piperidine rings is 2. The summed E-state index contributed by atoms with van der Waals surface area (Å²) in [5, 5.41) is 9.24. The first kappa shape index (κ1) is 18.0. The molecule has 0 unspecified atom stereocenters. The van der Waals surface area contributed by atoms with Gasteiger partial charge in [-0.2, -0.15) is 0 Å². The van der Waals surface area contributed by atoms with Gasteiger partial charge in [-0.15, -0.1) is 0 Å². The summed E-state index contributed by atoms with van der Waals surface area (Å²) in [7, 11) is 0. The molecule has 0 radical (unpaired) electrons. The Kier molecular flexibility index (Phi) is 5.17. The van der Waals surface area contributed by atoms with Crippen molar-refractivity contribution in [1.29, 1.82) is 0 Å². The molecule has 3 heterocycles. The third-order valence-electron chi connectivity index (χ3n) is 5.90. The molecule has 3 aliphatic rings. The fourth-order valence-corrected chi connectivity index (χ4v) is 4.07. The van der Waals surface area contributed by atoms with Crippen LogP contribution in [0.4, 0.5) is 4.79 Å². The first-order chi connectivity index (χ1) is 11.9. The Morgan fingerprint density at radius 3 is 2.28 bits per heavy atom. The number of hydrogen-bond donors (Lipinski definition) is 1. The average molecular weight is 353 g/mol. The van der Waals surface area contributed by atoms with E-state index >= 15 is 0 Å². The van der Waals surface area contributed by atoms with Gasteiger partial charge in [0.2, 0.25) is 5.91 Å². The number of carboxylic acid groups (broad SMARTS) is 1. The van der Waals surface area contributed by atoms with Crippen molar-refractivity contribution in [3.63, 3.8) is 0 Å². The van der Waals surface area contributed by atoms with Crippen LogP contribution in [0.5, 0.6) is 0 Å². The summed E-state index contributed by atoms with van der Waals surface area (Å²) in [6, 6.07) is -0.724. The van der Waals surface area contributed by atoms with Gasteiger partial charge >= 0.3 is 12.0 Å². The standard InChI is InChI=1S/C17H27N3O5/c1-13(15(22)23)20-12-17(3-2-14(20)21)4-6-18(7-5-17)16(24)19-8-10-25-11-9-19/h13H,2-12H2,1H3,(H,22,23)/t13-/m1/s1. The molecule has 0 aromatic carbocycles. The van der Waals surface area contributed by atoms with Gasteiger partial charge in [0.15, 0.2) is 0 Å². The zero-order valence-electron chi connectivity index (χ0n) is 14.8. The molecule has 0 bridgehead atoms. The molecule has 3 amide bonds. The van der Waals surface area contributed by atoms with Crippen molar-refractivity contribution < 1.29 is 24.2 Å². The Balaban J connectivity index is 1.59. The van der Waals surface area contributed by atoms with Crippen molar-refractivity contribution in [2.75, 3.05) is 45.9 Å². The van der Waals surface area contributed by atoms with Crippen LogP contribution in [0.1, 0.15) is 32.6 Å². The van der Waals surface area contributed by atoms with Crippen LogP contribution in [0.25, 0.3) is 0 Å². The number of morpholine rings is 1. The van der Waals surface area contributed by atoms with E-state index in [1.165, 1.54) is 4.90 Å². The van der Waals surface area contributed by atoms with E-state index in [1.54, 1.807) is 6.92 Å². The molecule has 1 N–H and O–H groups in total. The molecule has 1 atom stereocenters. The van der Waals surface area contributed by atoms with Gasteiger partial charge in [-0.3, -0.25) is 4.79 Å². The number of hydrogen-bond acceptors (Lipinski definition) is 4. The smallest absolute Gasteiger partial charge is 0.326 e. The number of carboxylic acids is 1. The number of ether oxygens (including phenoxy) is 1. The third kappa shape index (κ3) is 3.73. The van der Waals surface area contributed by atoms with E-state index in [1.807, 2.05) is 9.80 Å². The maximum Gasteiger partial charge on any atom is 0.326 e. The quantitative estimate of drug-likeness (QED) is 0.786. The van der Waals surface area contributed by atoms with E-state index in [9.17, 15) is 19.5 Å². The zero-order chi connectivity index (χ0) is 18.0. The highest BCUT2D eigenvalue weighted by Crippen LogP contribution is 2.41. The normalized spacial score (nSPS) is 25.2. The second-order valence-electron chi connectivity index (χ2n) is 7.40. The summed E-state index contributed by atoms with van der Waals surface area (Å²) in [5.41, 5.74) is -0.0561. The highest BCUT2D eigenvalue weighted by molar-refractivity contribution is 5.84. The predicted molar refractivity (Wildman–Crippen MR) is 89.1 cm³/mol. The molecule has 3 saturated heterocycles. The molecule has 140 valence electrons. The Hall–Kier alpha value is -1.83. The number of carbonyl (C=O) groups excluding carboxylic acids is 2. The summed E-state index contributed by atoms with van der Waals surface area (Å²) < 4.78 is 5.29. The van der Waals surface area contributed by atoms with Crippen molar-refractivity contribution >= 4 is 17.9 Å². The lowest BCUT2D eigenvalue weighted by atomic mass is 9.72. The van der Waals surface area contributed by atoms with Crippen LogP contribution in [0.2, 0.25) is 0 Å². The minimum atomic E-state index is -0.967. The fourth-order valence-electron chi connectivity index (χ4n) is 4.07. The van der Waals surface area contributed by atoms with Crippen LogP contribution in [0.3, 0.4) is 0 Å². The van der Waals surface area contributed by atoms with Gasteiger partial charge in [-0.25, -0.2) is 9.59 Å². The number of likely N-dealkylation sites (tertiary alicyclic amines) is 2. The van der Waals surface area contributed by atoms with Crippen LogP contribution in [-0.2, 0) is 14.3 Å². The molecule has 0 aromatic heterocycles. The minimum absolute atomic E-state index is 0.0561. The highest BCUT2D eigenvalue weighted by Gasteiger charge is 2.44. The lowest BCUT2D eigenvalue weighted by Gasteiger charge is -2.48. The summed E-state index contributed by atoms with van der Waals surface area (Å²) in [6.07, 6.45) is 2.82. The van der Waals surface area contributed by atoms with Gasteiger partial charge in [-0.1, -0.05) is 0 Å². The van der Waals surface area contributed by atoms with Crippen molar-refractivity contribution in [2.45, 2.75) is 38.6 Å². The molecule has 3 fully saturated rings. The van der Waals surface area contributed by atoms with E-state index in [4.69, 9.17) is 4.74 Å². The average Bonchev–Trinajstić information content (AvgIpc) is 2.64. The van der Waals surface area contributed by atoms with Crippen LogP contribution >= 0.6 is 0 Å². The Morgan fingerprint density at radius 1 is 1.08 bits per heavy atom. The van der Waals surface area contributed by atoms with Gasteiger partial charge in [-0.05, 0) is 31.6 Å². The Labute approximate surface area is 147 Å². The first-order valence-corrected chi connectivity index (χ1v) is 9.06. The lowest BCUT2D eigenvalue weighted by Crippen LogP contribution is -2.57. The maximum absolute atomic E-state index is 12.6. The summed E-state index contributed by atoms with van der Waals surface area (Å²) in [5.74, 6) is -1.04. The van der Waals surface area contributed by atoms with Crippen LogP contribution in [-0.4, -0.2) is 89.7 Å². The lowest BCUT2D eigenvalue weighted by molar-refractivity contribution is -0.154. The SMILES string of the molecule is C[C@H](C(=O)O)N1CC2(CCC1=O)CCN(C(=O)N1CCOCC1)CC2. The van der Waals surface area contributed by atoms with Gasteiger partial charge in [0.25, 0.3) is 0 Å². The predicted octanol–water partition coefficient (Wildman–Crippen LogP) is 0.616. The number of urea groups is 1. The monoisotopic (exact) mass is 353 g/mol. The molecule has 0 aromatic rings. The van der Waals surface area contributed by atoms with Crippen LogP contribution in [0, 0.1) is 5.41 Å². The molecule has 8 nitrogen and oxygen atoms in total. The summed E-state index contributed by atoms with van der Waals surface area (Å²) in [4.78, 5) is 41.2. The topological polar surface area (TPSA) is 90.4 Å². The fraction of sp³-hybridized carbons (Fsp3) is 0.824. The van der Waals surface area contributed by atoms with Gasteiger partial charge < -0.3 is 24.5 Å². The van der Waals surface area contributed by atoms with E-state index in [-0.39, 0.29) is 17.4 Å².